The Morgan fingerprint density at radius 2 is 1.93 bits per heavy atom. The van der Waals surface area contributed by atoms with Crippen molar-refractivity contribution in [1.82, 2.24) is 30.3 Å². The molecule has 30 heavy (non-hydrogen) atoms. The molecule has 0 saturated heterocycles. The second kappa shape index (κ2) is 6.77. The Kier molecular flexibility index (Phi) is 4.18. The first-order valence-electron chi connectivity index (χ1n) is 9.92. The molecule has 0 unspecified atom stereocenters. The van der Waals surface area contributed by atoms with Gasteiger partial charge in [0.15, 0.2) is 11.6 Å². The van der Waals surface area contributed by atoms with E-state index in [-0.39, 0.29) is 5.91 Å². The van der Waals surface area contributed by atoms with Crippen LogP contribution in [0.5, 0.6) is 0 Å². The number of hydrogen-bond donors (Lipinski definition) is 3. The predicted molar refractivity (Wildman–Crippen MR) is 114 cm³/mol. The number of primary amides is 1. The molecule has 1 saturated carbocycles. The van der Waals surface area contributed by atoms with Gasteiger partial charge in [0.2, 0.25) is 5.91 Å². The van der Waals surface area contributed by atoms with Gasteiger partial charge in [-0.3, -0.25) is 15.0 Å². The van der Waals surface area contributed by atoms with Crippen LogP contribution in [-0.2, 0) is 16.8 Å². The van der Waals surface area contributed by atoms with E-state index in [4.69, 9.17) is 5.73 Å². The lowest BCUT2D eigenvalue weighted by atomic mass is 9.92. The minimum Gasteiger partial charge on any atom is -0.369 e. The summed E-state index contributed by atoms with van der Waals surface area (Å²) in [6.07, 6.45) is 1.61. The molecule has 1 fully saturated rings. The first-order valence-corrected chi connectivity index (χ1v) is 9.92. The van der Waals surface area contributed by atoms with Gasteiger partial charge in [-0.05, 0) is 56.8 Å². The highest BCUT2D eigenvalue weighted by Crippen LogP contribution is 2.48. The average Bonchev–Trinajstić information content (AvgIpc) is 3.25. The van der Waals surface area contributed by atoms with Crippen LogP contribution in [0.1, 0.15) is 24.2 Å². The van der Waals surface area contributed by atoms with E-state index in [0.717, 1.165) is 57.8 Å². The topological polar surface area (TPSA) is 117 Å². The number of hydrogen-bond acceptors (Lipinski definition) is 5. The molecule has 2 aromatic carbocycles. The van der Waals surface area contributed by atoms with Gasteiger partial charge in [-0.25, -0.2) is 4.98 Å². The summed E-state index contributed by atoms with van der Waals surface area (Å²) in [7, 11) is 3.97. The van der Waals surface area contributed by atoms with Crippen LogP contribution >= 0.6 is 0 Å². The van der Waals surface area contributed by atoms with Crippen molar-refractivity contribution in [2.45, 2.75) is 24.8 Å². The number of aromatic amines is 2. The van der Waals surface area contributed by atoms with Crippen molar-refractivity contribution < 1.29 is 4.79 Å². The summed E-state index contributed by atoms with van der Waals surface area (Å²) >= 11 is 0. The van der Waals surface area contributed by atoms with E-state index in [1.54, 1.807) is 0 Å². The third-order valence-corrected chi connectivity index (χ3v) is 5.74. The molecule has 8 heteroatoms. The van der Waals surface area contributed by atoms with E-state index in [2.05, 4.69) is 31.4 Å². The normalized spacial score (nSPS) is 15.0. The second-order valence-corrected chi connectivity index (χ2v) is 8.20. The number of carbonyl (C=O) groups is 1. The molecule has 4 aromatic rings. The molecule has 0 radical (unpaired) electrons. The molecule has 1 amide bonds. The van der Waals surface area contributed by atoms with E-state index < -0.39 is 5.41 Å². The van der Waals surface area contributed by atoms with E-state index in [1.807, 2.05) is 55.4 Å². The Hall–Kier alpha value is -3.52. The van der Waals surface area contributed by atoms with Crippen LogP contribution in [0.4, 0.5) is 0 Å². The number of rotatable bonds is 6. The lowest BCUT2D eigenvalue weighted by molar-refractivity contribution is -0.120. The van der Waals surface area contributed by atoms with Crippen molar-refractivity contribution in [2.24, 2.45) is 5.73 Å². The molecule has 4 N–H and O–H groups in total. The smallest absolute Gasteiger partial charge is 0.228 e. The first-order chi connectivity index (χ1) is 14.5. The van der Waals surface area contributed by atoms with Crippen LogP contribution < -0.4 is 5.73 Å². The molecule has 0 aliphatic heterocycles. The van der Waals surface area contributed by atoms with Gasteiger partial charge >= 0.3 is 0 Å². The van der Waals surface area contributed by atoms with Crippen molar-refractivity contribution in [1.29, 1.82) is 0 Å². The van der Waals surface area contributed by atoms with E-state index >= 15 is 0 Å². The quantitative estimate of drug-likeness (QED) is 0.459. The van der Waals surface area contributed by atoms with Crippen molar-refractivity contribution >= 4 is 16.8 Å². The van der Waals surface area contributed by atoms with Gasteiger partial charge in [0.1, 0.15) is 0 Å². The number of carbonyl (C=O) groups excluding carboxylic acids is 1. The van der Waals surface area contributed by atoms with Gasteiger partial charge in [0, 0.05) is 16.5 Å². The van der Waals surface area contributed by atoms with Crippen molar-refractivity contribution in [3.8, 4) is 22.6 Å². The highest BCUT2D eigenvalue weighted by Gasteiger charge is 2.50. The summed E-state index contributed by atoms with van der Waals surface area (Å²) in [5.41, 5.74) is 9.77. The summed E-state index contributed by atoms with van der Waals surface area (Å²) in [5.74, 6) is 1.21. The van der Waals surface area contributed by atoms with Crippen LogP contribution in [0.2, 0.25) is 0 Å². The maximum Gasteiger partial charge on any atom is 0.228 e. The van der Waals surface area contributed by atoms with E-state index in [1.165, 1.54) is 0 Å². The lowest BCUT2D eigenvalue weighted by Crippen LogP contribution is -2.28. The fourth-order valence-corrected chi connectivity index (χ4v) is 3.93. The molecule has 2 aromatic heterocycles. The third-order valence-electron chi connectivity index (χ3n) is 5.74. The second-order valence-electron chi connectivity index (χ2n) is 8.20. The molecular weight excluding hydrogens is 378 g/mol. The Labute approximate surface area is 173 Å². The Bertz CT molecular complexity index is 1250. The molecule has 8 nitrogen and oxygen atoms in total. The van der Waals surface area contributed by atoms with Crippen molar-refractivity contribution in [3.05, 3.63) is 53.9 Å². The van der Waals surface area contributed by atoms with Crippen molar-refractivity contribution in [3.63, 3.8) is 0 Å². The number of H-pyrrole nitrogens is 2. The minimum absolute atomic E-state index is 0.257. The largest absolute Gasteiger partial charge is 0.369 e. The standard InChI is InChI=1S/C22H23N7O/c1-29(2)12-18-24-20(28-26-18)14-6-7-17-16(11-14)19(27-25-17)13-4-3-5-15(10-13)22(8-9-22)21(23)30/h3-7,10-11H,8-9,12H2,1-2H3,(H2,23,30)(H,25,27)(H,24,26,28). The van der Waals surface area contributed by atoms with Crippen LogP contribution in [-0.4, -0.2) is 50.3 Å². The van der Waals surface area contributed by atoms with E-state index in [9.17, 15) is 4.79 Å². The number of amides is 1. The first kappa shape index (κ1) is 18.5. The number of benzene rings is 2. The highest BCUT2D eigenvalue weighted by atomic mass is 16.1. The summed E-state index contributed by atoms with van der Waals surface area (Å²) in [4.78, 5) is 18.6. The van der Waals surface area contributed by atoms with Gasteiger partial charge in [-0.2, -0.15) is 10.2 Å². The average molecular weight is 401 g/mol. The molecule has 2 heterocycles. The maximum absolute atomic E-state index is 11.9. The number of nitrogens with one attached hydrogen (secondary N) is 2. The molecule has 0 atom stereocenters. The molecule has 152 valence electrons. The fourth-order valence-electron chi connectivity index (χ4n) is 3.93. The Morgan fingerprint density at radius 3 is 2.67 bits per heavy atom. The summed E-state index contributed by atoms with van der Waals surface area (Å²) in [5, 5.41) is 15.9. The summed E-state index contributed by atoms with van der Waals surface area (Å²) in [6.45, 7) is 0.671. The maximum atomic E-state index is 11.9. The molecule has 0 spiro atoms. The van der Waals surface area contributed by atoms with Gasteiger partial charge in [-0.1, -0.05) is 18.2 Å². The number of fused-ring (bicyclic) bond motifs is 1. The molecule has 0 bridgehead atoms. The minimum atomic E-state index is -0.518. The Balaban J connectivity index is 1.54. The number of aromatic nitrogens is 5. The van der Waals surface area contributed by atoms with Crippen LogP contribution in [0.3, 0.4) is 0 Å². The SMILES string of the molecule is CN(C)Cc1n[nH]c(-c2ccc3[nH]nc(-c4cccc(C5(C(N)=O)CC5)c4)c3c2)n1. The van der Waals surface area contributed by atoms with Gasteiger partial charge < -0.3 is 10.6 Å². The molecule has 1 aliphatic rings. The van der Waals surface area contributed by atoms with Crippen LogP contribution in [0.25, 0.3) is 33.5 Å². The van der Waals surface area contributed by atoms with Gasteiger partial charge in [0.25, 0.3) is 0 Å². The zero-order valence-corrected chi connectivity index (χ0v) is 16.9. The molecule has 5 rings (SSSR count). The third kappa shape index (κ3) is 3.05. The summed E-state index contributed by atoms with van der Waals surface area (Å²) in [6, 6.07) is 14.0. The zero-order chi connectivity index (χ0) is 20.9. The van der Waals surface area contributed by atoms with Crippen LogP contribution in [0.15, 0.2) is 42.5 Å². The van der Waals surface area contributed by atoms with Gasteiger partial charge in [-0.15, -0.1) is 0 Å². The Morgan fingerprint density at radius 1 is 1.10 bits per heavy atom. The number of nitrogens with two attached hydrogens (primary N) is 1. The van der Waals surface area contributed by atoms with Crippen molar-refractivity contribution in [2.75, 3.05) is 14.1 Å². The lowest BCUT2D eigenvalue weighted by Gasteiger charge is -2.12. The summed E-state index contributed by atoms with van der Waals surface area (Å²) < 4.78 is 0. The number of nitrogens with zero attached hydrogens (tertiary/aromatic N) is 4. The van der Waals surface area contributed by atoms with Crippen LogP contribution in [0, 0.1) is 0 Å². The fraction of sp³-hybridized carbons (Fsp3) is 0.273. The molecule has 1 aliphatic carbocycles. The monoisotopic (exact) mass is 401 g/mol. The van der Waals surface area contributed by atoms with Gasteiger partial charge in [0.05, 0.1) is 23.2 Å². The zero-order valence-electron chi connectivity index (χ0n) is 16.9. The highest BCUT2D eigenvalue weighted by molar-refractivity contribution is 5.96. The predicted octanol–water partition coefficient (Wildman–Crippen LogP) is 2.59. The molecular formula is C22H23N7O. The van der Waals surface area contributed by atoms with E-state index in [0.29, 0.717) is 6.54 Å².